The summed E-state index contributed by atoms with van der Waals surface area (Å²) in [4.78, 5) is 4.74. The van der Waals surface area contributed by atoms with Crippen molar-refractivity contribution in [2.24, 2.45) is 11.7 Å². The number of hydrogen-bond donors (Lipinski definition) is 1. The maximum absolute atomic E-state index is 13.4. The highest BCUT2D eigenvalue weighted by molar-refractivity contribution is 5.76. The first-order valence-electron chi connectivity index (χ1n) is 7.49. The molecule has 0 radical (unpaired) electrons. The molecular formula is C16H22FN3. The Morgan fingerprint density at radius 2 is 2.20 bits per heavy atom. The van der Waals surface area contributed by atoms with Crippen LogP contribution in [0.5, 0.6) is 0 Å². The van der Waals surface area contributed by atoms with E-state index in [0.29, 0.717) is 24.4 Å². The predicted molar refractivity (Wildman–Crippen MR) is 79.2 cm³/mol. The minimum absolute atomic E-state index is 0.223. The van der Waals surface area contributed by atoms with Crippen molar-refractivity contribution in [2.75, 3.05) is 6.54 Å². The van der Waals surface area contributed by atoms with Gasteiger partial charge in [-0.3, -0.25) is 0 Å². The van der Waals surface area contributed by atoms with Gasteiger partial charge in [0, 0.05) is 18.0 Å². The Morgan fingerprint density at radius 1 is 1.40 bits per heavy atom. The van der Waals surface area contributed by atoms with Gasteiger partial charge in [0.25, 0.3) is 0 Å². The standard InChI is InChI=1S/C16H22FN3/c1-10(2)20-15-7-6-12(17)8-14(15)19-16(20)13-5-3-4-11(13)9-18/h6-8,10-11,13H,3-5,9,18H2,1-2H3. The lowest BCUT2D eigenvalue weighted by Gasteiger charge is -2.21. The van der Waals surface area contributed by atoms with Crippen LogP contribution >= 0.6 is 0 Å². The molecule has 1 aromatic heterocycles. The van der Waals surface area contributed by atoms with Gasteiger partial charge in [-0.05, 0) is 51.3 Å². The van der Waals surface area contributed by atoms with Crippen LogP contribution in [-0.4, -0.2) is 16.1 Å². The molecule has 1 heterocycles. The molecule has 1 saturated carbocycles. The molecule has 3 nitrogen and oxygen atoms in total. The van der Waals surface area contributed by atoms with Crippen LogP contribution in [0.4, 0.5) is 4.39 Å². The van der Waals surface area contributed by atoms with Crippen molar-refractivity contribution < 1.29 is 4.39 Å². The molecule has 3 rings (SSSR count). The Bertz CT molecular complexity index is 617. The second kappa shape index (κ2) is 5.17. The highest BCUT2D eigenvalue weighted by Crippen LogP contribution is 2.40. The maximum atomic E-state index is 13.4. The summed E-state index contributed by atoms with van der Waals surface area (Å²) in [5.74, 6) is 1.79. The van der Waals surface area contributed by atoms with Crippen LogP contribution < -0.4 is 5.73 Å². The number of benzene rings is 1. The van der Waals surface area contributed by atoms with Crippen molar-refractivity contribution in [3.8, 4) is 0 Å². The summed E-state index contributed by atoms with van der Waals surface area (Å²) in [5.41, 5.74) is 7.70. The second-order valence-corrected chi connectivity index (χ2v) is 6.10. The largest absolute Gasteiger partial charge is 0.330 e. The first kappa shape index (κ1) is 13.6. The fraction of sp³-hybridized carbons (Fsp3) is 0.562. The molecule has 1 fully saturated rings. The zero-order valence-electron chi connectivity index (χ0n) is 12.1. The van der Waals surface area contributed by atoms with Gasteiger partial charge in [0.15, 0.2) is 0 Å². The van der Waals surface area contributed by atoms with Crippen LogP contribution in [0.25, 0.3) is 11.0 Å². The SMILES string of the molecule is CC(C)n1c(C2CCCC2CN)nc2cc(F)ccc21. The van der Waals surface area contributed by atoms with Crippen molar-refractivity contribution in [1.29, 1.82) is 0 Å². The number of aromatic nitrogens is 2. The van der Waals surface area contributed by atoms with Gasteiger partial charge in [0.05, 0.1) is 11.0 Å². The quantitative estimate of drug-likeness (QED) is 0.930. The molecule has 2 N–H and O–H groups in total. The van der Waals surface area contributed by atoms with Crippen LogP contribution in [0, 0.1) is 11.7 Å². The van der Waals surface area contributed by atoms with E-state index < -0.39 is 0 Å². The number of nitrogens with zero attached hydrogens (tertiary/aromatic N) is 2. The minimum Gasteiger partial charge on any atom is -0.330 e. The fourth-order valence-electron chi connectivity index (χ4n) is 3.55. The van der Waals surface area contributed by atoms with Crippen molar-refractivity contribution in [3.05, 3.63) is 29.8 Å². The van der Waals surface area contributed by atoms with Gasteiger partial charge in [0.2, 0.25) is 0 Å². The van der Waals surface area contributed by atoms with Crippen LogP contribution in [-0.2, 0) is 0 Å². The van der Waals surface area contributed by atoms with E-state index in [2.05, 4.69) is 18.4 Å². The van der Waals surface area contributed by atoms with Gasteiger partial charge in [0.1, 0.15) is 11.6 Å². The Balaban J connectivity index is 2.16. The lowest BCUT2D eigenvalue weighted by molar-refractivity contribution is 0.447. The van der Waals surface area contributed by atoms with Gasteiger partial charge >= 0.3 is 0 Å². The topological polar surface area (TPSA) is 43.8 Å². The van der Waals surface area contributed by atoms with Crippen molar-refractivity contribution in [1.82, 2.24) is 9.55 Å². The van der Waals surface area contributed by atoms with Gasteiger partial charge in [-0.1, -0.05) is 6.42 Å². The second-order valence-electron chi connectivity index (χ2n) is 6.10. The summed E-state index contributed by atoms with van der Waals surface area (Å²) >= 11 is 0. The number of hydrogen-bond acceptors (Lipinski definition) is 2. The third kappa shape index (κ3) is 2.12. The molecule has 0 aliphatic heterocycles. The van der Waals surface area contributed by atoms with Crippen LogP contribution in [0.15, 0.2) is 18.2 Å². The van der Waals surface area contributed by atoms with E-state index in [1.807, 2.05) is 6.07 Å². The zero-order chi connectivity index (χ0) is 14.3. The van der Waals surface area contributed by atoms with E-state index in [4.69, 9.17) is 10.7 Å². The molecule has 1 aromatic carbocycles. The monoisotopic (exact) mass is 275 g/mol. The Kier molecular flexibility index (Phi) is 3.50. The number of fused-ring (bicyclic) bond motifs is 1. The molecule has 0 bridgehead atoms. The van der Waals surface area contributed by atoms with Gasteiger partial charge in [-0.2, -0.15) is 0 Å². The summed E-state index contributed by atoms with van der Waals surface area (Å²) in [7, 11) is 0. The molecule has 2 unspecified atom stereocenters. The van der Waals surface area contributed by atoms with Crippen LogP contribution in [0.2, 0.25) is 0 Å². The smallest absolute Gasteiger partial charge is 0.125 e. The van der Waals surface area contributed by atoms with E-state index >= 15 is 0 Å². The van der Waals surface area contributed by atoms with Gasteiger partial charge < -0.3 is 10.3 Å². The molecule has 2 atom stereocenters. The number of nitrogens with two attached hydrogens (primary N) is 1. The average Bonchev–Trinajstić information content (AvgIpc) is 3.00. The lowest BCUT2D eigenvalue weighted by Crippen LogP contribution is -2.20. The zero-order valence-corrected chi connectivity index (χ0v) is 12.1. The highest BCUT2D eigenvalue weighted by atomic mass is 19.1. The summed E-state index contributed by atoms with van der Waals surface area (Å²) in [5, 5.41) is 0. The fourth-order valence-corrected chi connectivity index (χ4v) is 3.55. The van der Waals surface area contributed by atoms with Crippen molar-refractivity contribution in [3.63, 3.8) is 0 Å². The number of halogens is 1. The molecule has 1 aliphatic carbocycles. The summed E-state index contributed by atoms with van der Waals surface area (Å²) in [6.07, 6.45) is 3.53. The first-order valence-corrected chi connectivity index (χ1v) is 7.49. The molecule has 0 spiro atoms. The summed E-state index contributed by atoms with van der Waals surface area (Å²) in [6.45, 7) is 5.01. The Morgan fingerprint density at radius 3 is 2.90 bits per heavy atom. The molecule has 108 valence electrons. The van der Waals surface area contributed by atoms with Crippen molar-refractivity contribution >= 4 is 11.0 Å². The Labute approximate surface area is 119 Å². The normalized spacial score (nSPS) is 23.1. The summed E-state index contributed by atoms with van der Waals surface area (Å²) < 4.78 is 15.7. The lowest BCUT2D eigenvalue weighted by atomic mass is 9.95. The average molecular weight is 275 g/mol. The predicted octanol–water partition coefficient (Wildman–Crippen LogP) is 3.60. The van der Waals surface area contributed by atoms with E-state index in [1.54, 1.807) is 0 Å². The number of rotatable bonds is 3. The highest BCUT2D eigenvalue weighted by Gasteiger charge is 2.32. The van der Waals surface area contributed by atoms with Gasteiger partial charge in [-0.25, -0.2) is 9.37 Å². The van der Waals surface area contributed by atoms with E-state index in [1.165, 1.54) is 25.0 Å². The molecule has 4 heteroatoms. The van der Waals surface area contributed by atoms with E-state index in [9.17, 15) is 4.39 Å². The molecule has 0 saturated heterocycles. The van der Waals surface area contributed by atoms with Crippen molar-refractivity contribution in [2.45, 2.75) is 45.1 Å². The van der Waals surface area contributed by atoms with E-state index in [0.717, 1.165) is 23.3 Å². The minimum atomic E-state index is -0.223. The molecule has 1 aliphatic rings. The third-order valence-corrected chi connectivity index (χ3v) is 4.49. The third-order valence-electron chi connectivity index (χ3n) is 4.49. The van der Waals surface area contributed by atoms with Gasteiger partial charge in [-0.15, -0.1) is 0 Å². The van der Waals surface area contributed by atoms with Crippen LogP contribution in [0.3, 0.4) is 0 Å². The van der Waals surface area contributed by atoms with Crippen LogP contribution in [0.1, 0.15) is 50.9 Å². The molecule has 20 heavy (non-hydrogen) atoms. The Hall–Kier alpha value is -1.42. The molecular weight excluding hydrogens is 253 g/mol. The first-order chi connectivity index (χ1) is 9.61. The molecule has 0 amide bonds. The van der Waals surface area contributed by atoms with E-state index in [-0.39, 0.29) is 5.82 Å². The molecule has 2 aromatic rings. The summed E-state index contributed by atoms with van der Waals surface area (Å²) in [6, 6.07) is 5.21. The maximum Gasteiger partial charge on any atom is 0.125 e. The number of imidazole rings is 1.